The van der Waals surface area contributed by atoms with Crippen LogP contribution in [0.4, 0.5) is 5.69 Å². The normalized spacial score (nSPS) is 16.6. The number of anilines is 1. The highest BCUT2D eigenvalue weighted by Gasteiger charge is 2.47. The standard InChI is InChI=1S/C28H20N2O7S/c1-37-19-9-6-16(7-10-19)24(32)22-23(15-2-4-17(5-3-15)26-29-12-13-38-26)30(27(34)25(22)33)18-8-11-21(31)20(14-18)28(35)36/h2-14,23,31-32H,1H3,(H,35,36)/b24-22+. The fourth-order valence-electron chi connectivity index (χ4n) is 4.34. The van der Waals surface area contributed by atoms with E-state index in [1.807, 2.05) is 5.38 Å². The fraction of sp³-hybridized carbons (Fsp3) is 0.0714. The first-order valence-corrected chi connectivity index (χ1v) is 12.2. The van der Waals surface area contributed by atoms with Gasteiger partial charge in [0.2, 0.25) is 0 Å². The molecule has 38 heavy (non-hydrogen) atoms. The number of aliphatic hydroxyl groups excluding tert-OH is 1. The Labute approximate surface area is 220 Å². The number of Topliss-reactive ketones (excluding diaryl/α,β-unsaturated/α-hetero) is 1. The SMILES string of the molecule is COc1ccc(/C(O)=C2\C(=O)C(=O)N(c3ccc(O)c(C(=O)O)c3)C2c2ccc(-c3nccs3)cc2)cc1. The number of phenols is 1. The lowest BCUT2D eigenvalue weighted by Gasteiger charge is -2.26. The van der Waals surface area contributed by atoms with Gasteiger partial charge in [0.1, 0.15) is 27.8 Å². The Morgan fingerprint density at radius 2 is 1.71 bits per heavy atom. The summed E-state index contributed by atoms with van der Waals surface area (Å²) < 4.78 is 5.16. The molecule has 0 saturated carbocycles. The number of methoxy groups -OCH3 is 1. The number of carbonyl (C=O) groups excluding carboxylic acids is 2. The average Bonchev–Trinajstić information content (AvgIpc) is 3.56. The van der Waals surface area contributed by atoms with Crippen molar-refractivity contribution in [2.24, 2.45) is 0 Å². The van der Waals surface area contributed by atoms with Crippen LogP contribution in [0.2, 0.25) is 0 Å². The Bertz CT molecular complexity index is 1580. The van der Waals surface area contributed by atoms with Crippen molar-refractivity contribution in [3.8, 4) is 22.1 Å². The summed E-state index contributed by atoms with van der Waals surface area (Å²) in [5.41, 5.74) is 1.11. The van der Waals surface area contributed by atoms with Gasteiger partial charge in [-0.2, -0.15) is 0 Å². The lowest BCUT2D eigenvalue weighted by molar-refractivity contribution is -0.132. The first-order valence-electron chi connectivity index (χ1n) is 11.3. The molecule has 0 aliphatic carbocycles. The molecule has 1 aliphatic rings. The predicted molar refractivity (Wildman–Crippen MR) is 140 cm³/mol. The minimum absolute atomic E-state index is 0.0741. The number of ketones is 1. The van der Waals surface area contributed by atoms with E-state index in [9.17, 15) is 29.7 Å². The molecule has 1 atom stereocenters. The van der Waals surface area contributed by atoms with Crippen molar-refractivity contribution in [2.45, 2.75) is 6.04 Å². The van der Waals surface area contributed by atoms with E-state index in [1.165, 1.54) is 24.5 Å². The maximum Gasteiger partial charge on any atom is 0.339 e. The minimum atomic E-state index is -1.40. The second-order valence-corrected chi connectivity index (χ2v) is 9.26. The van der Waals surface area contributed by atoms with Crippen LogP contribution in [-0.4, -0.2) is 45.1 Å². The van der Waals surface area contributed by atoms with Crippen molar-refractivity contribution >= 4 is 40.4 Å². The maximum absolute atomic E-state index is 13.3. The average molecular weight is 529 g/mol. The Balaban J connectivity index is 1.69. The van der Waals surface area contributed by atoms with Crippen LogP contribution in [0.5, 0.6) is 11.5 Å². The molecule has 3 N–H and O–H groups in total. The van der Waals surface area contributed by atoms with E-state index >= 15 is 0 Å². The summed E-state index contributed by atoms with van der Waals surface area (Å²) in [6.07, 6.45) is 1.68. The summed E-state index contributed by atoms with van der Waals surface area (Å²) in [6, 6.07) is 15.9. The van der Waals surface area contributed by atoms with Crippen LogP contribution in [0, 0.1) is 0 Å². The fourth-order valence-corrected chi connectivity index (χ4v) is 4.98. The second kappa shape index (κ2) is 9.83. The molecule has 190 valence electrons. The molecule has 0 bridgehead atoms. The molecular formula is C28H20N2O7S. The van der Waals surface area contributed by atoms with E-state index in [0.29, 0.717) is 16.9 Å². The molecule has 0 spiro atoms. The minimum Gasteiger partial charge on any atom is -0.507 e. The first kappa shape index (κ1) is 24.7. The van der Waals surface area contributed by atoms with Crippen LogP contribution < -0.4 is 9.64 Å². The van der Waals surface area contributed by atoms with Gasteiger partial charge in [0.25, 0.3) is 11.7 Å². The number of rotatable bonds is 6. The maximum atomic E-state index is 13.3. The van der Waals surface area contributed by atoms with Crippen molar-refractivity contribution in [3.05, 3.63) is 101 Å². The van der Waals surface area contributed by atoms with Gasteiger partial charge in [0.15, 0.2) is 0 Å². The van der Waals surface area contributed by atoms with E-state index in [0.717, 1.165) is 27.6 Å². The summed E-state index contributed by atoms with van der Waals surface area (Å²) >= 11 is 1.46. The van der Waals surface area contributed by atoms with Crippen LogP contribution >= 0.6 is 11.3 Å². The quantitative estimate of drug-likeness (QED) is 0.184. The molecular weight excluding hydrogens is 508 g/mol. The topological polar surface area (TPSA) is 137 Å². The van der Waals surface area contributed by atoms with Crippen molar-refractivity contribution in [1.82, 2.24) is 4.98 Å². The van der Waals surface area contributed by atoms with Gasteiger partial charge in [0.05, 0.1) is 18.7 Å². The third-order valence-electron chi connectivity index (χ3n) is 6.20. The lowest BCUT2D eigenvalue weighted by atomic mass is 9.94. The Kier molecular flexibility index (Phi) is 6.39. The smallest absolute Gasteiger partial charge is 0.339 e. The number of carbonyl (C=O) groups is 3. The van der Waals surface area contributed by atoms with Gasteiger partial charge in [-0.25, -0.2) is 9.78 Å². The molecule has 2 heterocycles. The van der Waals surface area contributed by atoms with Crippen LogP contribution in [-0.2, 0) is 9.59 Å². The van der Waals surface area contributed by atoms with Crippen molar-refractivity contribution < 1.29 is 34.4 Å². The van der Waals surface area contributed by atoms with E-state index in [1.54, 1.807) is 54.7 Å². The molecule has 1 saturated heterocycles. The van der Waals surface area contributed by atoms with Crippen LogP contribution in [0.1, 0.15) is 27.5 Å². The highest BCUT2D eigenvalue weighted by atomic mass is 32.1. The number of hydrogen-bond donors (Lipinski definition) is 3. The molecule has 9 nitrogen and oxygen atoms in total. The Hall–Kier alpha value is -4.96. The number of aromatic carboxylic acids is 1. The third-order valence-corrected chi connectivity index (χ3v) is 7.02. The van der Waals surface area contributed by atoms with E-state index in [2.05, 4.69) is 4.98 Å². The van der Waals surface area contributed by atoms with Crippen molar-refractivity contribution in [1.29, 1.82) is 0 Å². The van der Waals surface area contributed by atoms with Gasteiger partial charge in [0, 0.05) is 28.4 Å². The number of aromatic nitrogens is 1. The number of ether oxygens (including phenoxy) is 1. The number of carboxylic acids is 1. The van der Waals surface area contributed by atoms with E-state index in [-0.39, 0.29) is 17.0 Å². The summed E-state index contributed by atoms with van der Waals surface area (Å²) in [6.45, 7) is 0. The summed E-state index contributed by atoms with van der Waals surface area (Å²) in [4.78, 5) is 43.8. The summed E-state index contributed by atoms with van der Waals surface area (Å²) in [5.74, 6) is -3.61. The number of thiazole rings is 1. The van der Waals surface area contributed by atoms with Crippen LogP contribution in [0.3, 0.4) is 0 Å². The lowest BCUT2D eigenvalue weighted by Crippen LogP contribution is -2.29. The highest BCUT2D eigenvalue weighted by Crippen LogP contribution is 2.43. The number of nitrogens with zero attached hydrogens (tertiary/aromatic N) is 2. The molecule has 1 fully saturated rings. The van der Waals surface area contributed by atoms with Gasteiger partial charge in [-0.1, -0.05) is 24.3 Å². The second-order valence-electron chi connectivity index (χ2n) is 8.36. The van der Waals surface area contributed by atoms with Crippen LogP contribution in [0.25, 0.3) is 16.3 Å². The summed E-state index contributed by atoms with van der Waals surface area (Å²) in [7, 11) is 1.50. The number of aliphatic hydroxyl groups is 1. The van der Waals surface area contributed by atoms with E-state index < -0.39 is 35.0 Å². The molecule has 1 unspecified atom stereocenters. The third kappa shape index (κ3) is 4.27. The molecule has 1 aromatic heterocycles. The van der Waals surface area contributed by atoms with Crippen molar-refractivity contribution in [3.63, 3.8) is 0 Å². The molecule has 3 aromatic carbocycles. The van der Waals surface area contributed by atoms with Gasteiger partial charge in [-0.15, -0.1) is 11.3 Å². The number of hydrogen-bond acceptors (Lipinski definition) is 8. The number of benzene rings is 3. The highest BCUT2D eigenvalue weighted by molar-refractivity contribution is 7.13. The zero-order chi connectivity index (χ0) is 27.0. The van der Waals surface area contributed by atoms with Gasteiger partial charge >= 0.3 is 5.97 Å². The van der Waals surface area contributed by atoms with Crippen molar-refractivity contribution in [2.75, 3.05) is 12.0 Å². The zero-order valence-corrected chi connectivity index (χ0v) is 20.7. The predicted octanol–water partition coefficient (Wildman–Crippen LogP) is 4.85. The van der Waals surface area contributed by atoms with Gasteiger partial charge in [-0.3, -0.25) is 14.5 Å². The Morgan fingerprint density at radius 1 is 1.00 bits per heavy atom. The molecule has 0 radical (unpaired) electrons. The van der Waals surface area contributed by atoms with Crippen LogP contribution in [0.15, 0.2) is 83.9 Å². The van der Waals surface area contributed by atoms with Gasteiger partial charge < -0.3 is 20.1 Å². The zero-order valence-electron chi connectivity index (χ0n) is 19.9. The Morgan fingerprint density at radius 3 is 2.32 bits per heavy atom. The monoisotopic (exact) mass is 528 g/mol. The number of carboxylic acid groups (broad SMARTS) is 1. The largest absolute Gasteiger partial charge is 0.507 e. The molecule has 1 amide bonds. The molecule has 10 heteroatoms. The first-order chi connectivity index (χ1) is 18.3. The number of aromatic hydroxyl groups is 1. The molecule has 1 aliphatic heterocycles. The number of amides is 1. The molecule has 4 aromatic rings. The molecule has 5 rings (SSSR count). The summed E-state index contributed by atoms with van der Waals surface area (Å²) in [5, 5.41) is 33.4. The van der Waals surface area contributed by atoms with Gasteiger partial charge in [-0.05, 0) is 48.0 Å². The van der Waals surface area contributed by atoms with E-state index in [4.69, 9.17) is 4.74 Å².